The first-order chi connectivity index (χ1) is 15.1. The Hall–Kier alpha value is -3.26. The fraction of sp³-hybridized carbons (Fsp3) is 0.684. The van der Waals surface area contributed by atoms with Gasteiger partial charge in [-0.05, 0) is 25.7 Å². The summed E-state index contributed by atoms with van der Waals surface area (Å²) >= 11 is 0. The van der Waals surface area contributed by atoms with Crippen molar-refractivity contribution >= 4 is 35.6 Å². The molecule has 0 aliphatic carbocycles. The summed E-state index contributed by atoms with van der Waals surface area (Å²) < 4.78 is 0. The van der Waals surface area contributed by atoms with Gasteiger partial charge in [-0.1, -0.05) is 13.8 Å². The molecule has 0 aliphatic heterocycles. The van der Waals surface area contributed by atoms with Gasteiger partial charge in [0.15, 0.2) is 0 Å². The van der Waals surface area contributed by atoms with Gasteiger partial charge in [-0.15, -0.1) is 0 Å². The van der Waals surface area contributed by atoms with Crippen LogP contribution in [0.1, 0.15) is 46.5 Å². The quantitative estimate of drug-likeness (QED) is 0.119. The van der Waals surface area contributed by atoms with Gasteiger partial charge < -0.3 is 42.7 Å². The third-order valence-electron chi connectivity index (χ3n) is 4.42. The van der Waals surface area contributed by atoms with E-state index in [0.29, 0.717) is 6.42 Å². The summed E-state index contributed by atoms with van der Waals surface area (Å²) in [6.45, 7) is 4.79. The van der Waals surface area contributed by atoms with Crippen LogP contribution in [0.2, 0.25) is 0 Å². The molecule has 33 heavy (non-hydrogen) atoms. The van der Waals surface area contributed by atoms with Crippen molar-refractivity contribution in [1.82, 2.24) is 16.0 Å². The first-order valence-electron chi connectivity index (χ1n) is 10.2. The van der Waals surface area contributed by atoms with Crippen LogP contribution in [0, 0.1) is 5.92 Å². The van der Waals surface area contributed by atoms with Crippen LogP contribution in [0.15, 0.2) is 0 Å². The molecular formula is C19H33N5O9. The monoisotopic (exact) mass is 475 g/mol. The van der Waals surface area contributed by atoms with Crippen LogP contribution in [-0.2, 0) is 28.8 Å². The second-order valence-electron chi connectivity index (χ2n) is 8.03. The molecule has 0 spiro atoms. The lowest BCUT2D eigenvalue weighted by molar-refractivity contribution is -0.144. The van der Waals surface area contributed by atoms with E-state index in [4.69, 9.17) is 21.7 Å². The Morgan fingerprint density at radius 1 is 0.848 bits per heavy atom. The van der Waals surface area contributed by atoms with Gasteiger partial charge in [-0.3, -0.25) is 24.0 Å². The van der Waals surface area contributed by atoms with Crippen molar-refractivity contribution in [3.8, 4) is 0 Å². The lowest BCUT2D eigenvalue weighted by atomic mass is 10.0. The molecule has 0 bridgehead atoms. The number of nitrogens with one attached hydrogen (secondary N) is 3. The zero-order valence-electron chi connectivity index (χ0n) is 18.7. The van der Waals surface area contributed by atoms with Crippen molar-refractivity contribution in [1.29, 1.82) is 0 Å². The first kappa shape index (κ1) is 29.7. The van der Waals surface area contributed by atoms with Gasteiger partial charge in [0.05, 0.1) is 18.6 Å². The van der Waals surface area contributed by atoms with E-state index in [-0.39, 0.29) is 5.92 Å². The SMILES string of the molecule is CC(C)CC(N)C(=O)NC(CC(N)=O)C(=O)NC(C(=O)NC(CCC(=O)O)C(=O)O)C(C)O. The van der Waals surface area contributed by atoms with Crippen molar-refractivity contribution < 1.29 is 44.1 Å². The van der Waals surface area contributed by atoms with E-state index >= 15 is 0 Å². The van der Waals surface area contributed by atoms with Crippen LogP contribution in [-0.4, -0.2) is 81.2 Å². The molecule has 0 heterocycles. The number of carboxylic acids is 2. The highest BCUT2D eigenvalue weighted by Crippen LogP contribution is 2.05. The van der Waals surface area contributed by atoms with E-state index in [1.165, 1.54) is 0 Å². The number of hydrogen-bond acceptors (Lipinski definition) is 8. The van der Waals surface area contributed by atoms with Gasteiger partial charge in [0.1, 0.15) is 18.1 Å². The predicted molar refractivity (Wildman–Crippen MR) is 113 cm³/mol. The molecule has 10 N–H and O–H groups in total. The molecule has 0 aromatic carbocycles. The maximum atomic E-state index is 12.7. The number of aliphatic hydroxyl groups excluding tert-OH is 1. The lowest BCUT2D eigenvalue weighted by Crippen LogP contribution is -2.60. The van der Waals surface area contributed by atoms with Crippen LogP contribution >= 0.6 is 0 Å². The molecule has 188 valence electrons. The van der Waals surface area contributed by atoms with Crippen molar-refractivity contribution in [2.45, 2.75) is 76.7 Å². The summed E-state index contributed by atoms with van der Waals surface area (Å²) in [6, 6.07) is -5.76. The van der Waals surface area contributed by atoms with Crippen LogP contribution in [0.4, 0.5) is 0 Å². The van der Waals surface area contributed by atoms with E-state index in [1.807, 2.05) is 19.2 Å². The molecule has 0 aromatic heterocycles. The summed E-state index contributed by atoms with van der Waals surface area (Å²) in [5, 5.41) is 34.3. The van der Waals surface area contributed by atoms with Crippen molar-refractivity contribution in [3.63, 3.8) is 0 Å². The van der Waals surface area contributed by atoms with Gasteiger partial charge in [0.25, 0.3) is 0 Å². The topological polar surface area (TPSA) is 251 Å². The van der Waals surface area contributed by atoms with Gasteiger partial charge in [0, 0.05) is 6.42 Å². The Morgan fingerprint density at radius 2 is 1.39 bits per heavy atom. The predicted octanol–water partition coefficient (Wildman–Crippen LogP) is -2.98. The van der Waals surface area contributed by atoms with Crippen LogP contribution in [0.3, 0.4) is 0 Å². The molecule has 0 saturated heterocycles. The molecule has 0 fully saturated rings. The summed E-state index contributed by atoms with van der Waals surface area (Å²) in [7, 11) is 0. The molecule has 4 amide bonds. The van der Waals surface area contributed by atoms with Gasteiger partial charge >= 0.3 is 11.9 Å². The maximum absolute atomic E-state index is 12.7. The Morgan fingerprint density at radius 3 is 1.82 bits per heavy atom. The average molecular weight is 475 g/mol. The highest BCUT2D eigenvalue weighted by molar-refractivity contribution is 5.96. The highest BCUT2D eigenvalue weighted by Gasteiger charge is 2.33. The third kappa shape index (κ3) is 11.8. The van der Waals surface area contributed by atoms with Crippen LogP contribution < -0.4 is 27.4 Å². The summed E-state index contributed by atoms with van der Waals surface area (Å²) in [5.74, 6) is -6.56. The van der Waals surface area contributed by atoms with Crippen LogP contribution in [0.5, 0.6) is 0 Å². The Bertz CT molecular complexity index is 741. The molecule has 14 heteroatoms. The normalized spacial score (nSPS) is 15.5. The minimum atomic E-state index is -1.68. The highest BCUT2D eigenvalue weighted by atomic mass is 16.4. The summed E-state index contributed by atoms with van der Waals surface area (Å²) in [6.07, 6.45) is -2.84. The van der Waals surface area contributed by atoms with E-state index in [0.717, 1.165) is 6.92 Å². The zero-order valence-corrected chi connectivity index (χ0v) is 18.7. The number of carbonyl (C=O) groups excluding carboxylic acids is 4. The molecule has 0 aliphatic rings. The molecule has 5 atom stereocenters. The molecule has 5 unspecified atom stereocenters. The maximum Gasteiger partial charge on any atom is 0.326 e. The standard InChI is InChI=1S/C19H33N5O9/c1-8(2)6-10(20)16(29)23-12(7-13(21)26)17(30)24-15(9(3)25)18(31)22-11(19(32)33)4-5-14(27)28/h8-12,15,25H,4-7,20H2,1-3H3,(H2,21,26)(H,22,31)(H,23,29)(H,24,30)(H,27,28)(H,32,33). The van der Waals surface area contributed by atoms with E-state index in [2.05, 4.69) is 10.6 Å². The largest absolute Gasteiger partial charge is 0.481 e. The second kappa shape index (κ2) is 14.0. The van der Waals surface area contributed by atoms with E-state index in [9.17, 15) is 33.9 Å². The number of aliphatic hydroxyl groups is 1. The van der Waals surface area contributed by atoms with Crippen molar-refractivity contribution in [3.05, 3.63) is 0 Å². The smallest absolute Gasteiger partial charge is 0.326 e. The Kier molecular flexibility index (Phi) is 12.6. The number of rotatable bonds is 15. The lowest BCUT2D eigenvalue weighted by Gasteiger charge is -2.26. The van der Waals surface area contributed by atoms with Gasteiger partial charge in [-0.2, -0.15) is 0 Å². The molecule has 14 nitrogen and oxygen atoms in total. The van der Waals surface area contributed by atoms with E-state index in [1.54, 1.807) is 0 Å². The number of carboxylic acid groups (broad SMARTS) is 2. The van der Waals surface area contributed by atoms with E-state index < -0.39 is 85.1 Å². The fourth-order valence-corrected chi connectivity index (χ4v) is 2.75. The third-order valence-corrected chi connectivity index (χ3v) is 4.42. The second-order valence-corrected chi connectivity index (χ2v) is 8.03. The molecule has 0 rings (SSSR count). The fourth-order valence-electron chi connectivity index (χ4n) is 2.75. The number of nitrogens with two attached hydrogens (primary N) is 2. The number of aliphatic carboxylic acids is 2. The number of carbonyl (C=O) groups is 6. The minimum absolute atomic E-state index is 0.0702. The van der Waals surface area contributed by atoms with Gasteiger partial charge in [-0.25, -0.2) is 4.79 Å². The van der Waals surface area contributed by atoms with Gasteiger partial charge in [0.2, 0.25) is 23.6 Å². The zero-order chi connectivity index (χ0) is 25.9. The molecular weight excluding hydrogens is 442 g/mol. The Balaban J connectivity index is 5.43. The average Bonchev–Trinajstić information content (AvgIpc) is 2.66. The van der Waals surface area contributed by atoms with Crippen LogP contribution in [0.25, 0.3) is 0 Å². The van der Waals surface area contributed by atoms with Crippen molar-refractivity contribution in [2.75, 3.05) is 0 Å². The molecule has 0 radical (unpaired) electrons. The molecule has 0 saturated carbocycles. The summed E-state index contributed by atoms with van der Waals surface area (Å²) in [4.78, 5) is 70.7. The number of primary amides is 1. The number of amides is 4. The minimum Gasteiger partial charge on any atom is -0.481 e. The Labute approximate surface area is 190 Å². The van der Waals surface area contributed by atoms with Crippen molar-refractivity contribution in [2.24, 2.45) is 17.4 Å². The number of hydrogen-bond donors (Lipinski definition) is 8. The molecule has 0 aromatic rings. The summed E-state index contributed by atoms with van der Waals surface area (Å²) in [5.41, 5.74) is 10.9. The first-order valence-corrected chi connectivity index (χ1v) is 10.2.